The first-order chi connectivity index (χ1) is 12.3. The van der Waals surface area contributed by atoms with Crippen LogP contribution in [-0.4, -0.2) is 18.5 Å². The van der Waals surface area contributed by atoms with Gasteiger partial charge in [0.1, 0.15) is 5.58 Å². The topological polar surface area (TPSA) is 68.3 Å². The third-order valence-corrected chi connectivity index (χ3v) is 6.68. The van der Waals surface area contributed by atoms with Crippen LogP contribution in [0, 0.1) is 5.92 Å². The van der Waals surface area contributed by atoms with Crippen LogP contribution in [0.25, 0.3) is 11.0 Å². The molecule has 2 aromatic heterocycles. The van der Waals surface area contributed by atoms with Gasteiger partial charge >= 0.3 is 0 Å². The normalized spacial score (nSPS) is 15.4. The van der Waals surface area contributed by atoms with E-state index in [2.05, 4.69) is 16.8 Å². The van der Waals surface area contributed by atoms with Crippen LogP contribution in [0.2, 0.25) is 0 Å². The van der Waals surface area contributed by atoms with Crippen molar-refractivity contribution in [3.8, 4) is 0 Å². The summed E-state index contributed by atoms with van der Waals surface area (Å²) in [6, 6.07) is 12.0. The lowest BCUT2D eigenvalue weighted by Gasteiger charge is -2.15. The van der Waals surface area contributed by atoms with E-state index in [1.165, 1.54) is 4.21 Å². The Morgan fingerprint density at radius 3 is 2.88 bits per heavy atom. The predicted molar refractivity (Wildman–Crippen MR) is 103 cm³/mol. The number of carbonyl (C=O) groups excluding carboxylic acids is 1. The van der Waals surface area contributed by atoms with Crippen molar-refractivity contribution in [1.82, 2.24) is 5.32 Å². The number of hydrogen-bond acceptors (Lipinski definition) is 5. The second-order valence-corrected chi connectivity index (χ2v) is 8.50. The zero-order chi connectivity index (χ0) is 17.2. The largest absolute Gasteiger partial charge is 0.451 e. The number of rotatable bonds is 7. The van der Waals surface area contributed by atoms with Crippen LogP contribution in [0.1, 0.15) is 29.0 Å². The van der Waals surface area contributed by atoms with Crippen LogP contribution >= 0.6 is 23.1 Å². The molecule has 1 aromatic carbocycles. The first-order valence-electron chi connectivity index (χ1n) is 8.44. The van der Waals surface area contributed by atoms with E-state index in [4.69, 9.17) is 10.2 Å². The Morgan fingerprint density at radius 1 is 1.32 bits per heavy atom. The summed E-state index contributed by atoms with van der Waals surface area (Å²) in [6.45, 7) is 0.468. The Morgan fingerprint density at radius 2 is 2.16 bits per heavy atom. The number of thiophene rings is 1. The van der Waals surface area contributed by atoms with Crippen LogP contribution in [-0.2, 0) is 5.75 Å². The van der Waals surface area contributed by atoms with Crippen molar-refractivity contribution in [3.05, 3.63) is 53.1 Å². The third-order valence-electron chi connectivity index (χ3n) is 4.52. The van der Waals surface area contributed by atoms with Crippen molar-refractivity contribution in [3.63, 3.8) is 0 Å². The lowest BCUT2D eigenvalue weighted by molar-refractivity contribution is 0.0906. The molecule has 1 fully saturated rings. The Balaban J connectivity index is 1.62. The molecule has 25 heavy (non-hydrogen) atoms. The van der Waals surface area contributed by atoms with Gasteiger partial charge in [0, 0.05) is 29.3 Å². The number of nitrogens with two attached hydrogens (primary N) is 1. The Bertz CT molecular complexity index is 869. The van der Waals surface area contributed by atoms with Crippen molar-refractivity contribution in [2.75, 3.05) is 6.54 Å². The van der Waals surface area contributed by atoms with Gasteiger partial charge in [0.05, 0.1) is 4.21 Å². The van der Waals surface area contributed by atoms with Gasteiger partial charge in [-0.15, -0.1) is 23.1 Å². The summed E-state index contributed by atoms with van der Waals surface area (Å²) in [6.07, 6.45) is 2.28. The number of thioether (sulfide) groups is 1. The van der Waals surface area contributed by atoms with E-state index < -0.39 is 0 Å². The zero-order valence-corrected chi connectivity index (χ0v) is 15.4. The molecule has 4 rings (SSSR count). The smallest absolute Gasteiger partial charge is 0.287 e. The number of benzene rings is 1. The molecule has 1 saturated carbocycles. The summed E-state index contributed by atoms with van der Waals surface area (Å²) in [5.74, 6) is 1.49. The highest BCUT2D eigenvalue weighted by Crippen LogP contribution is 2.35. The molecule has 130 valence electrons. The number of fused-ring (bicyclic) bond motifs is 1. The van der Waals surface area contributed by atoms with Gasteiger partial charge < -0.3 is 15.5 Å². The van der Waals surface area contributed by atoms with E-state index in [1.54, 1.807) is 23.1 Å². The SMILES string of the molecule is NCC(NC(=O)c1oc2ccccc2c1CSc1cccs1)C1CC1. The summed E-state index contributed by atoms with van der Waals surface area (Å²) >= 11 is 3.43. The standard InChI is InChI=1S/C19H20N2O2S2/c20-10-15(12-7-8-12)21-19(22)18-14(11-25-17-6-3-9-24-17)13-4-1-2-5-16(13)23-18/h1-6,9,12,15H,7-8,10-11,20H2,(H,21,22). The van der Waals surface area contributed by atoms with Gasteiger partial charge in [-0.2, -0.15) is 0 Å². The van der Waals surface area contributed by atoms with Crippen LogP contribution < -0.4 is 11.1 Å². The summed E-state index contributed by atoms with van der Waals surface area (Å²) in [5.41, 5.74) is 7.54. The first-order valence-corrected chi connectivity index (χ1v) is 10.3. The van der Waals surface area contributed by atoms with Gasteiger partial charge in [-0.1, -0.05) is 24.3 Å². The summed E-state index contributed by atoms with van der Waals surface area (Å²) in [7, 11) is 0. The molecule has 0 aliphatic heterocycles. The molecule has 1 unspecified atom stereocenters. The number of nitrogens with one attached hydrogen (secondary N) is 1. The van der Waals surface area contributed by atoms with E-state index in [1.807, 2.05) is 30.3 Å². The highest BCUT2D eigenvalue weighted by molar-refractivity contribution is 8.00. The fourth-order valence-corrected chi connectivity index (χ4v) is 4.83. The average molecular weight is 373 g/mol. The molecule has 2 heterocycles. The van der Waals surface area contributed by atoms with Crippen LogP contribution in [0.3, 0.4) is 0 Å². The minimum Gasteiger partial charge on any atom is -0.451 e. The van der Waals surface area contributed by atoms with Crippen LogP contribution in [0.15, 0.2) is 50.4 Å². The molecule has 0 spiro atoms. The van der Waals surface area contributed by atoms with Crippen molar-refractivity contribution >= 4 is 40.0 Å². The van der Waals surface area contributed by atoms with E-state index in [-0.39, 0.29) is 11.9 Å². The van der Waals surface area contributed by atoms with E-state index in [0.29, 0.717) is 24.0 Å². The number of para-hydroxylation sites is 1. The molecule has 1 atom stereocenters. The van der Waals surface area contributed by atoms with Gasteiger partial charge in [0.2, 0.25) is 0 Å². The Hall–Kier alpha value is -1.76. The second-order valence-electron chi connectivity index (χ2n) is 6.28. The molecule has 6 heteroatoms. The lowest BCUT2D eigenvalue weighted by atomic mass is 10.1. The lowest BCUT2D eigenvalue weighted by Crippen LogP contribution is -2.41. The molecular formula is C19H20N2O2S2. The van der Waals surface area contributed by atoms with Gasteiger partial charge in [0.15, 0.2) is 5.76 Å². The van der Waals surface area contributed by atoms with Crippen LogP contribution in [0.5, 0.6) is 0 Å². The maximum absolute atomic E-state index is 12.8. The van der Waals surface area contributed by atoms with E-state index in [9.17, 15) is 4.79 Å². The number of amides is 1. The molecule has 0 bridgehead atoms. The highest BCUT2D eigenvalue weighted by atomic mass is 32.2. The molecule has 1 aliphatic rings. The number of carbonyl (C=O) groups is 1. The fraction of sp³-hybridized carbons (Fsp3) is 0.316. The van der Waals surface area contributed by atoms with Crippen molar-refractivity contribution in [2.24, 2.45) is 11.7 Å². The molecule has 3 aromatic rings. The second kappa shape index (κ2) is 7.23. The summed E-state index contributed by atoms with van der Waals surface area (Å²) < 4.78 is 7.14. The van der Waals surface area contributed by atoms with Gasteiger partial charge in [-0.3, -0.25) is 4.79 Å². The molecule has 3 N–H and O–H groups in total. The monoisotopic (exact) mass is 372 g/mol. The van der Waals surface area contributed by atoms with E-state index in [0.717, 1.165) is 29.4 Å². The minimum atomic E-state index is -0.152. The van der Waals surface area contributed by atoms with Gasteiger partial charge in [-0.25, -0.2) is 0 Å². The molecule has 0 radical (unpaired) electrons. The van der Waals surface area contributed by atoms with E-state index >= 15 is 0 Å². The quantitative estimate of drug-likeness (QED) is 0.608. The molecule has 4 nitrogen and oxygen atoms in total. The maximum atomic E-state index is 12.8. The Labute approximate surface area is 154 Å². The predicted octanol–water partition coefficient (Wildman–Crippen LogP) is 4.25. The van der Waals surface area contributed by atoms with Crippen molar-refractivity contribution < 1.29 is 9.21 Å². The zero-order valence-electron chi connectivity index (χ0n) is 13.7. The molecule has 0 saturated heterocycles. The minimum absolute atomic E-state index is 0.0403. The molecular weight excluding hydrogens is 352 g/mol. The third kappa shape index (κ3) is 3.61. The Kier molecular flexibility index (Phi) is 4.83. The van der Waals surface area contributed by atoms with Crippen molar-refractivity contribution in [2.45, 2.75) is 28.8 Å². The maximum Gasteiger partial charge on any atom is 0.287 e. The molecule has 1 aliphatic carbocycles. The van der Waals surface area contributed by atoms with Crippen LogP contribution in [0.4, 0.5) is 0 Å². The number of hydrogen-bond donors (Lipinski definition) is 2. The fourth-order valence-electron chi connectivity index (χ4n) is 3.02. The van der Waals surface area contributed by atoms with Crippen molar-refractivity contribution in [1.29, 1.82) is 0 Å². The summed E-state index contributed by atoms with van der Waals surface area (Å²) in [5, 5.41) is 6.14. The highest BCUT2D eigenvalue weighted by Gasteiger charge is 2.32. The van der Waals surface area contributed by atoms with Gasteiger partial charge in [-0.05, 0) is 36.3 Å². The van der Waals surface area contributed by atoms with Gasteiger partial charge in [0.25, 0.3) is 5.91 Å². The molecule has 1 amide bonds. The number of furan rings is 1. The average Bonchev–Trinajstić information content (AvgIpc) is 3.21. The summed E-state index contributed by atoms with van der Waals surface area (Å²) in [4.78, 5) is 12.8. The first kappa shape index (κ1) is 16.7.